The molecular formula is C21H25N9O3. The first-order valence-electron chi connectivity index (χ1n) is 10.8. The van der Waals surface area contributed by atoms with Crippen LogP contribution in [-0.4, -0.2) is 70.5 Å². The van der Waals surface area contributed by atoms with Gasteiger partial charge in [-0.2, -0.15) is 4.98 Å². The van der Waals surface area contributed by atoms with Crippen LogP contribution in [-0.2, 0) is 9.53 Å². The van der Waals surface area contributed by atoms with Crippen LogP contribution in [0.15, 0.2) is 24.4 Å². The largest absolute Gasteiger partial charge is 0.384 e. The zero-order valence-electron chi connectivity index (χ0n) is 18.4. The summed E-state index contributed by atoms with van der Waals surface area (Å²) in [5, 5.41) is 20.8. The summed E-state index contributed by atoms with van der Waals surface area (Å²) in [5.74, 6) is 0.602. The third-order valence-corrected chi connectivity index (χ3v) is 5.72. The van der Waals surface area contributed by atoms with E-state index < -0.39 is 5.91 Å². The van der Waals surface area contributed by atoms with Gasteiger partial charge in [-0.15, -0.1) is 15.3 Å². The van der Waals surface area contributed by atoms with E-state index in [0.717, 1.165) is 38.2 Å². The fourth-order valence-electron chi connectivity index (χ4n) is 3.76. The Kier molecular flexibility index (Phi) is 5.50. The molecule has 3 aromatic rings. The summed E-state index contributed by atoms with van der Waals surface area (Å²) in [6.45, 7) is 2.63. The Morgan fingerprint density at radius 2 is 2.03 bits per heavy atom. The number of nitrogens with one attached hydrogen (secondary N) is 3. The Morgan fingerprint density at radius 1 is 1.21 bits per heavy atom. The predicted molar refractivity (Wildman–Crippen MR) is 121 cm³/mol. The van der Waals surface area contributed by atoms with Gasteiger partial charge in [-0.25, -0.2) is 4.52 Å². The van der Waals surface area contributed by atoms with E-state index in [2.05, 4.69) is 41.1 Å². The van der Waals surface area contributed by atoms with Crippen LogP contribution in [0.1, 0.15) is 23.3 Å². The quantitative estimate of drug-likeness (QED) is 0.459. The number of hydrogen-bond acceptors (Lipinski definition) is 9. The lowest BCUT2D eigenvalue weighted by atomic mass is 10.0. The number of methoxy groups -OCH3 is 1. The monoisotopic (exact) mass is 451 g/mol. The van der Waals surface area contributed by atoms with Crippen molar-refractivity contribution < 1.29 is 14.3 Å². The summed E-state index contributed by atoms with van der Waals surface area (Å²) in [5.41, 5.74) is 2.12. The maximum atomic E-state index is 12.3. The summed E-state index contributed by atoms with van der Waals surface area (Å²) in [6, 6.07) is 5.46. The Balaban J connectivity index is 1.37. The lowest BCUT2D eigenvalue weighted by Crippen LogP contribution is -2.48. The Morgan fingerprint density at radius 3 is 2.76 bits per heavy atom. The average molecular weight is 451 g/mol. The van der Waals surface area contributed by atoms with Crippen LogP contribution >= 0.6 is 0 Å². The van der Waals surface area contributed by atoms with E-state index in [-0.39, 0.29) is 23.3 Å². The molecule has 1 saturated heterocycles. The van der Waals surface area contributed by atoms with Crippen LogP contribution < -0.4 is 20.9 Å². The van der Waals surface area contributed by atoms with Crippen molar-refractivity contribution in [3.8, 4) is 0 Å². The normalized spacial score (nSPS) is 15.9. The van der Waals surface area contributed by atoms with Gasteiger partial charge in [0.25, 0.3) is 5.91 Å². The molecule has 1 aliphatic heterocycles. The highest BCUT2D eigenvalue weighted by molar-refractivity contribution is 5.99. The smallest absolute Gasteiger partial charge is 0.273 e. The van der Waals surface area contributed by atoms with Gasteiger partial charge in [0.1, 0.15) is 0 Å². The van der Waals surface area contributed by atoms with E-state index >= 15 is 0 Å². The van der Waals surface area contributed by atoms with Crippen LogP contribution in [0, 0.1) is 11.8 Å². The molecule has 2 aliphatic rings. The standard InChI is InChI=1S/C21H25N9O3/c1-22-20(32)18-15(7-16(26-27-18)24-19(31)13-3-4-13)23-21-25-17-6-5-14(10-30(17)28-21)29-8-12(9-29)11-33-2/h5-7,10,12-13H,3-4,8-9,11H2,1-2H3,(H,22,32)(H2,23,24,26,28,31). The second kappa shape index (κ2) is 8.62. The molecule has 0 radical (unpaired) electrons. The minimum atomic E-state index is -0.417. The number of nitrogens with zero attached hydrogens (tertiary/aromatic N) is 6. The number of amides is 2. The van der Waals surface area contributed by atoms with Gasteiger partial charge in [0.15, 0.2) is 17.2 Å². The first-order chi connectivity index (χ1) is 16.0. The van der Waals surface area contributed by atoms with E-state index in [1.54, 1.807) is 17.7 Å². The number of rotatable bonds is 8. The molecule has 12 nitrogen and oxygen atoms in total. The van der Waals surface area contributed by atoms with Crippen LogP contribution in [0.4, 0.5) is 23.1 Å². The minimum absolute atomic E-state index is 0.0207. The van der Waals surface area contributed by atoms with Gasteiger partial charge < -0.3 is 25.6 Å². The molecule has 0 unspecified atom stereocenters. The molecule has 0 bridgehead atoms. The molecule has 1 aliphatic carbocycles. The average Bonchev–Trinajstić information content (AvgIpc) is 3.56. The molecular weight excluding hydrogens is 426 g/mol. The first-order valence-corrected chi connectivity index (χ1v) is 10.8. The molecule has 3 aromatic heterocycles. The van der Waals surface area contributed by atoms with Crippen LogP contribution in [0.5, 0.6) is 0 Å². The fourth-order valence-corrected chi connectivity index (χ4v) is 3.76. The summed E-state index contributed by atoms with van der Waals surface area (Å²) in [6.07, 6.45) is 3.67. The summed E-state index contributed by atoms with van der Waals surface area (Å²) >= 11 is 0. The summed E-state index contributed by atoms with van der Waals surface area (Å²) in [4.78, 5) is 31.1. The van der Waals surface area contributed by atoms with Crippen molar-refractivity contribution >= 4 is 40.6 Å². The maximum absolute atomic E-state index is 12.3. The van der Waals surface area contributed by atoms with Gasteiger partial charge in [0.05, 0.1) is 24.2 Å². The molecule has 0 spiro atoms. The molecule has 12 heteroatoms. The van der Waals surface area contributed by atoms with Crippen LogP contribution in [0.25, 0.3) is 5.65 Å². The number of carbonyl (C=O) groups is 2. The Bertz CT molecular complexity index is 1200. The van der Waals surface area contributed by atoms with Crippen molar-refractivity contribution in [2.24, 2.45) is 11.8 Å². The number of ether oxygens (including phenoxy) is 1. The number of carbonyl (C=O) groups excluding carboxylic acids is 2. The number of fused-ring (bicyclic) bond motifs is 1. The van der Waals surface area contributed by atoms with Crippen molar-refractivity contribution in [3.63, 3.8) is 0 Å². The molecule has 3 N–H and O–H groups in total. The number of anilines is 4. The predicted octanol–water partition coefficient (Wildman–Crippen LogP) is 1.05. The lowest BCUT2D eigenvalue weighted by Gasteiger charge is -2.40. The summed E-state index contributed by atoms with van der Waals surface area (Å²) in [7, 11) is 3.23. The zero-order chi connectivity index (χ0) is 22.9. The molecule has 172 valence electrons. The van der Waals surface area contributed by atoms with E-state index in [1.165, 1.54) is 7.05 Å². The van der Waals surface area contributed by atoms with E-state index in [9.17, 15) is 9.59 Å². The zero-order valence-corrected chi connectivity index (χ0v) is 18.4. The van der Waals surface area contributed by atoms with Crippen LogP contribution in [0.3, 0.4) is 0 Å². The molecule has 2 fully saturated rings. The Labute approximate surface area is 189 Å². The lowest BCUT2D eigenvalue weighted by molar-refractivity contribution is -0.117. The van der Waals surface area contributed by atoms with Gasteiger partial charge in [-0.05, 0) is 25.0 Å². The number of pyridine rings is 1. The molecule has 5 rings (SSSR count). The number of aromatic nitrogens is 5. The topological polar surface area (TPSA) is 139 Å². The van der Waals surface area contributed by atoms with Crippen molar-refractivity contribution in [1.29, 1.82) is 0 Å². The Hall–Kier alpha value is -3.80. The van der Waals surface area contributed by atoms with Gasteiger partial charge in [0.2, 0.25) is 11.9 Å². The van der Waals surface area contributed by atoms with Gasteiger partial charge in [-0.3, -0.25) is 9.59 Å². The highest BCUT2D eigenvalue weighted by atomic mass is 16.5. The molecule has 33 heavy (non-hydrogen) atoms. The third kappa shape index (κ3) is 4.42. The van der Waals surface area contributed by atoms with E-state index in [0.29, 0.717) is 23.2 Å². The molecule has 2 amide bonds. The van der Waals surface area contributed by atoms with Crippen molar-refractivity contribution in [1.82, 2.24) is 30.1 Å². The SMILES string of the molecule is CNC(=O)c1nnc(NC(=O)C2CC2)cc1Nc1nc2ccc(N3CC(COC)C3)cn2n1. The highest BCUT2D eigenvalue weighted by Gasteiger charge is 2.30. The van der Waals surface area contributed by atoms with E-state index in [1.807, 2.05) is 18.3 Å². The van der Waals surface area contributed by atoms with Gasteiger partial charge >= 0.3 is 0 Å². The van der Waals surface area contributed by atoms with Gasteiger partial charge in [-0.1, -0.05) is 0 Å². The van der Waals surface area contributed by atoms with Gasteiger partial charge in [0, 0.05) is 45.1 Å². The maximum Gasteiger partial charge on any atom is 0.273 e. The van der Waals surface area contributed by atoms with Crippen molar-refractivity contribution in [2.45, 2.75) is 12.8 Å². The first kappa shape index (κ1) is 21.1. The van der Waals surface area contributed by atoms with E-state index in [4.69, 9.17) is 4.74 Å². The van der Waals surface area contributed by atoms with Crippen LogP contribution in [0.2, 0.25) is 0 Å². The summed E-state index contributed by atoms with van der Waals surface area (Å²) < 4.78 is 6.90. The van der Waals surface area contributed by atoms with Crippen molar-refractivity contribution in [3.05, 3.63) is 30.1 Å². The van der Waals surface area contributed by atoms with Crippen molar-refractivity contribution in [2.75, 3.05) is 49.4 Å². The highest BCUT2D eigenvalue weighted by Crippen LogP contribution is 2.30. The molecule has 0 aromatic carbocycles. The number of hydrogen-bond donors (Lipinski definition) is 3. The second-order valence-electron chi connectivity index (χ2n) is 8.31. The second-order valence-corrected chi connectivity index (χ2v) is 8.31. The third-order valence-electron chi connectivity index (χ3n) is 5.72. The molecule has 1 saturated carbocycles. The molecule has 4 heterocycles. The molecule has 0 atom stereocenters. The fraction of sp³-hybridized carbons (Fsp3) is 0.429. The minimum Gasteiger partial charge on any atom is -0.384 e.